The molecule has 1 fully saturated rings. The molecule has 10 nitrogen and oxygen atoms in total. The van der Waals surface area contributed by atoms with Crippen LogP contribution in [0.3, 0.4) is 0 Å². The summed E-state index contributed by atoms with van der Waals surface area (Å²) < 4.78 is 104. The molecule has 0 spiro atoms. The molecule has 0 bridgehead atoms. The Labute approximate surface area is 229 Å². The van der Waals surface area contributed by atoms with Gasteiger partial charge in [-0.3, -0.25) is 23.2 Å². The Morgan fingerprint density at radius 1 is 0.900 bits per heavy atom. The molecule has 0 saturated carbocycles. The molecule has 3 atom stereocenters. The van der Waals surface area contributed by atoms with E-state index in [1.54, 1.807) is 34.6 Å². The van der Waals surface area contributed by atoms with Crippen LogP contribution in [0.1, 0.15) is 61.3 Å². The van der Waals surface area contributed by atoms with Crippen molar-refractivity contribution in [1.29, 1.82) is 0 Å². The normalized spacial score (nSPS) is 18.6. The van der Waals surface area contributed by atoms with Gasteiger partial charge in [-0.15, -0.1) is 0 Å². The molecule has 0 aromatic rings. The third-order valence-electron chi connectivity index (χ3n) is 5.52. The molecule has 1 heterocycles. The topological polar surface area (TPSA) is 123 Å². The molecule has 40 heavy (non-hydrogen) atoms. The fourth-order valence-electron chi connectivity index (χ4n) is 3.81. The largest absolute Gasteiger partial charge is 0.444 e. The summed E-state index contributed by atoms with van der Waals surface area (Å²) in [6, 6.07) is -2.32. The summed E-state index contributed by atoms with van der Waals surface area (Å²) >= 11 is 0. The first-order valence-electron chi connectivity index (χ1n) is 12.6. The predicted octanol–water partition coefficient (Wildman–Crippen LogP) is 4.98. The highest BCUT2D eigenvalue weighted by molar-refractivity contribution is 7.54. The van der Waals surface area contributed by atoms with Gasteiger partial charge in [-0.2, -0.15) is 26.3 Å². The van der Waals surface area contributed by atoms with E-state index in [1.165, 1.54) is 13.8 Å². The van der Waals surface area contributed by atoms with E-state index in [-0.39, 0.29) is 13.0 Å². The molecule has 1 rings (SSSR count). The first-order chi connectivity index (χ1) is 18.0. The van der Waals surface area contributed by atoms with Crippen LogP contribution in [0, 0.1) is 11.8 Å². The summed E-state index contributed by atoms with van der Waals surface area (Å²) in [6.07, 6.45) is -10.5. The quantitative estimate of drug-likeness (QED) is 0.249. The molecule has 3 amide bonds. The molecule has 0 aromatic carbocycles. The van der Waals surface area contributed by atoms with Gasteiger partial charge in [-0.05, 0) is 45.4 Å². The van der Waals surface area contributed by atoms with E-state index in [0.29, 0.717) is 6.42 Å². The van der Waals surface area contributed by atoms with Gasteiger partial charge in [0.1, 0.15) is 23.5 Å². The highest BCUT2D eigenvalue weighted by atomic mass is 31.2. The maximum absolute atomic E-state index is 13.4. The van der Waals surface area contributed by atoms with Gasteiger partial charge < -0.3 is 20.3 Å². The second-order valence-corrected chi connectivity index (χ2v) is 13.2. The number of carbonyl (C=O) groups excluding carboxylic acids is 3. The van der Waals surface area contributed by atoms with Crippen molar-refractivity contribution in [1.82, 2.24) is 15.5 Å². The zero-order valence-electron chi connectivity index (χ0n) is 23.4. The lowest BCUT2D eigenvalue weighted by molar-refractivity contribution is -0.166. The maximum Gasteiger partial charge on any atom is 0.412 e. The van der Waals surface area contributed by atoms with Gasteiger partial charge in [0.2, 0.25) is 11.8 Å². The van der Waals surface area contributed by atoms with Crippen LogP contribution in [0.5, 0.6) is 0 Å². The molecular weight excluding hydrogens is 575 g/mol. The van der Waals surface area contributed by atoms with Crippen LogP contribution in [0.15, 0.2) is 0 Å². The number of nitrogens with zero attached hydrogens (tertiary/aromatic N) is 1. The SMILES string of the molecule is CC(C)C(NC(=O)[C@@H]1CCCN1C(=O)[C@@H](NC(=O)OC(C)(C)C)C(C)C)P(=O)(OCC(F)(F)F)OCC(F)(F)F. The van der Waals surface area contributed by atoms with Crippen LogP contribution < -0.4 is 10.6 Å². The van der Waals surface area contributed by atoms with Crippen LogP contribution in [0.25, 0.3) is 0 Å². The first kappa shape index (κ1) is 36.0. The van der Waals surface area contributed by atoms with Crippen molar-refractivity contribution >= 4 is 25.5 Å². The maximum atomic E-state index is 13.4. The Morgan fingerprint density at radius 2 is 1.40 bits per heavy atom. The summed E-state index contributed by atoms with van der Waals surface area (Å²) in [5, 5.41) is 4.68. The van der Waals surface area contributed by atoms with E-state index >= 15 is 0 Å². The summed E-state index contributed by atoms with van der Waals surface area (Å²) in [5.41, 5.74) is -0.854. The highest BCUT2D eigenvalue weighted by Crippen LogP contribution is 2.56. The third kappa shape index (κ3) is 11.8. The van der Waals surface area contributed by atoms with Crippen molar-refractivity contribution in [2.24, 2.45) is 11.8 Å². The molecule has 1 saturated heterocycles. The number of hydrogen-bond acceptors (Lipinski definition) is 7. The number of amides is 3. The molecule has 234 valence electrons. The average Bonchev–Trinajstić information content (AvgIpc) is 3.25. The number of likely N-dealkylation sites (tertiary alicyclic amines) is 1. The minimum atomic E-state index is -5.24. The van der Waals surface area contributed by atoms with Crippen molar-refractivity contribution in [3.8, 4) is 0 Å². The number of halogens is 6. The zero-order valence-corrected chi connectivity index (χ0v) is 24.3. The van der Waals surface area contributed by atoms with Crippen LogP contribution >= 0.6 is 7.60 Å². The van der Waals surface area contributed by atoms with Gasteiger partial charge in [0.05, 0.1) is 0 Å². The molecule has 1 unspecified atom stereocenters. The van der Waals surface area contributed by atoms with Gasteiger partial charge in [0.15, 0.2) is 13.2 Å². The highest BCUT2D eigenvalue weighted by Gasteiger charge is 2.47. The molecule has 0 aliphatic carbocycles. The van der Waals surface area contributed by atoms with Crippen molar-refractivity contribution in [2.75, 3.05) is 19.8 Å². The predicted molar refractivity (Wildman–Crippen MR) is 131 cm³/mol. The fraction of sp³-hybridized carbons (Fsp3) is 0.870. The summed E-state index contributed by atoms with van der Waals surface area (Å²) in [6.45, 7) is 6.48. The Bertz CT molecular complexity index is 915. The van der Waals surface area contributed by atoms with Crippen LogP contribution in [0.2, 0.25) is 0 Å². The van der Waals surface area contributed by atoms with Crippen molar-refractivity contribution in [3.05, 3.63) is 0 Å². The van der Waals surface area contributed by atoms with E-state index in [4.69, 9.17) is 4.74 Å². The van der Waals surface area contributed by atoms with E-state index in [1.807, 2.05) is 0 Å². The smallest absolute Gasteiger partial charge is 0.412 e. The number of alkyl halides is 6. The number of ether oxygens (including phenoxy) is 1. The molecular formula is C23H38F6N3O7P. The van der Waals surface area contributed by atoms with E-state index < -0.39 is 86.4 Å². The third-order valence-corrected chi connectivity index (χ3v) is 7.91. The molecule has 1 aliphatic heterocycles. The molecule has 0 aromatic heterocycles. The van der Waals surface area contributed by atoms with Crippen LogP contribution in [-0.4, -0.2) is 78.4 Å². The lowest BCUT2D eigenvalue weighted by Crippen LogP contribution is -2.56. The van der Waals surface area contributed by atoms with E-state index in [9.17, 15) is 45.3 Å². The standard InChI is InChI=1S/C23H38F6N3O7P/c1-13(2)16(30-20(35)39-21(5,6)7)19(34)32-10-8-9-15(32)17(33)31-18(14(3)4)40(36,37-11-22(24,25)26)38-12-23(27,28)29/h13-16,18H,8-12H2,1-7H3,(H,30,35)(H,31,33)/t15-,16-,18?/m0/s1. The van der Waals surface area contributed by atoms with Gasteiger partial charge in [-0.25, -0.2) is 4.79 Å². The molecule has 2 N–H and O–H groups in total. The molecule has 17 heteroatoms. The van der Waals surface area contributed by atoms with Crippen molar-refractivity contribution in [3.63, 3.8) is 0 Å². The zero-order chi connectivity index (χ0) is 31.3. The van der Waals surface area contributed by atoms with Crippen molar-refractivity contribution in [2.45, 2.75) is 97.1 Å². The van der Waals surface area contributed by atoms with Gasteiger partial charge in [0.25, 0.3) is 0 Å². The summed E-state index contributed by atoms with van der Waals surface area (Å²) in [4.78, 5) is 40.0. The minimum absolute atomic E-state index is 0.0787. The van der Waals surface area contributed by atoms with E-state index in [0.717, 1.165) is 4.90 Å². The van der Waals surface area contributed by atoms with Gasteiger partial charge in [0, 0.05) is 6.54 Å². The van der Waals surface area contributed by atoms with Crippen LogP contribution in [0.4, 0.5) is 31.1 Å². The number of alkyl carbamates (subject to hydrolysis) is 1. The number of rotatable bonds is 11. The molecule has 1 aliphatic rings. The fourth-order valence-corrected chi connectivity index (χ4v) is 5.87. The van der Waals surface area contributed by atoms with Crippen LogP contribution in [-0.2, 0) is 27.9 Å². The minimum Gasteiger partial charge on any atom is -0.444 e. The summed E-state index contributed by atoms with van der Waals surface area (Å²) in [7, 11) is -5.24. The van der Waals surface area contributed by atoms with Gasteiger partial charge in [-0.1, -0.05) is 27.7 Å². The average molecular weight is 614 g/mol. The Kier molecular flexibility index (Phi) is 12.4. The summed E-state index contributed by atoms with van der Waals surface area (Å²) in [5.74, 6) is -4.97. The Morgan fingerprint density at radius 3 is 1.80 bits per heavy atom. The number of hydrogen-bond donors (Lipinski definition) is 2. The molecule has 0 radical (unpaired) electrons. The number of carbonyl (C=O) groups is 3. The Balaban J connectivity index is 3.20. The van der Waals surface area contributed by atoms with Gasteiger partial charge >= 0.3 is 26.0 Å². The Hall–Kier alpha value is -2.06. The monoisotopic (exact) mass is 613 g/mol. The number of nitrogens with one attached hydrogen (secondary N) is 2. The lowest BCUT2D eigenvalue weighted by Gasteiger charge is -2.34. The van der Waals surface area contributed by atoms with Crippen molar-refractivity contribution < 1.29 is 59.1 Å². The second-order valence-electron chi connectivity index (χ2n) is 11.1. The van der Waals surface area contributed by atoms with E-state index in [2.05, 4.69) is 19.7 Å². The lowest BCUT2D eigenvalue weighted by atomic mass is 10.0. The first-order valence-corrected chi connectivity index (χ1v) is 14.2. The second kappa shape index (κ2) is 13.7.